The minimum absolute atomic E-state index is 0.0926. The fraction of sp³-hybridized carbons (Fsp3) is 0.200. The lowest BCUT2D eigenvalue weighted by molar-refractivity contribution is 0.590. The van der Waals surface area contributed by atoms with Gasteiger partial charge in [0, 0.05) is 11.8 Å². The predicted octanol–water partition coefficient (Wildman–Crippen LogP) is 3.11. The van der Waals surface area contributed by atoms with Crippen LogP contribution in [0.1, 0.15) is 11.3 Å². The topological polar surface area (TPSA) is 30.7 Å². The molecule has 84 valence electrons. The summed E-state index contributed by atoms with van der Waals surface area (Å²) in [6.45, 7) is 1.74. The second-order valence-corrected chi connectivity index (χ2v) is 3.92. The summed E-state index contributed by atoms with van der Waals surface area (Å²) in [4.78, 5) is 3.92. The third kappa shape index (κ3) is 1.90. The summed E-state index contributed by atoms with van der Waals surface area (Å²) in [5, 5.41) is 4.53. The van der Waals surface area contributed by atoms with Crippen molar-refractivity contribution in [2.24, 2.45) is 0 Å². The smallest absolute Gasteiger partial charge is 0.190 e. The second kappa shape index (κ2) is 4.39. The first kappa shape index (κ1) is 11.4. The van der Waals surface area contributed by atoms with Gasteiger partial charge in [-0.25, -0.2) is 14.1 Å². The van der Waals surface area contributed by atoms with Gasteiger partial charge < -0.3 is 0 Å². The van der Waals surface area contributed by atoms with Crippen LogP contribution >= 0.6 is 23.2 Å². The highest BCUT2D eigenvalue weighted by Gasteiger charge is 2.12. The van der Waals surface area contributed by atoms with Crippen molar-refractivity contribution in [1.29, 1.82) is 0 Å². The van der Waals surface area contributed by atoms with Crippen LogP contribution in [0.3, 0.4) is 0 Å². The average molecular weight is 260 g/mol. The largest absolute Gasteiger partial charge is 0.235 e. The standard InChI is InChI=1S/C10H8Cl2FN3/c1-6-8(12)5-16(15-6)10-9(13)7(4-11)2-3-14-10/h2-3,5H,4H2,1H3. The Morgan fingerprint density at radius 2 is 2.25 bits per heavy atom. The van der Waals surface area contributed by atoms with E-state index in [-0.39, 0.29) is 11.7 Å². The maximum absolute atomic E-state index is 13.8. The maximum Gasteiger partial charge on any atom is 0.190 e. The molecule has 0 bridgehead atoms. The van der Waals surface area contributed by atoms with E-state index in [0.717, 1.165) is 0 Å². The lowest BCUT2D eigenvalue weighted by atomic mass is 10.3. The molecule has 0 aliphatic heterocycles. The third-order valence-corrected chi connectivity index (χ3v) is 2.81. The molecule has 0 saturated carbocycles. The molecule has 6 heteroatoms. The number of alkyl halides is 1. The monoisotopic (exact) mass is 259 g/mol. The summed E-state index contributed by atoms with van der Waals surface area (Å²) >= 11 is 11.5. The van der Waals surface area contributed by atoms with Crippen molar-refractivity contribution in [2.75, 3.05) is 0 Å². The van der Waals surface area contributed by atoms with Crippen LogP contribution < -0.4 is 0 Å². The molecule has 2 heterocycles. The average Bonchev–Trinajstić information content (AvgIpc) is 2.59. The molecular formula is C10H8Cl2FN3. The lowest BCUT2D eigenvalue weighted by Crippen LogP contribution is -2.04. The van der Waals surface area contributed by atoms with Gasteiger partial charge in [0.1, 0.15) is 0 Å². The van der Waals surface area contributed by atoms with Gasteiger partial charge in [-0.05, 0) is 13.0 Å². The Morgan fingerprint density at radius 3 is 2.81 bits per heavy atom. The quantitative estimate of drug-likeness (QED) is 0.777. The lowest BCUT2D eigenvalue weighted by Gasteiger charge is -2.04. The van der Waals surface area contributed by atoms with E-state index in [1.807, 2.05) is 0 Å². The molecule has 0 fully saturated rings. The second-order valence-electron chi connectivity index (χ2n) is 3.25. The molecule has 2 aromatic rings. The molecule has 0 unspecified atom stereocenters. The van der Waals surface area contributed by atoms with Crippen LogP contribution in [0.15, 0.2) is 18.5 Å². The van der Waals surface area contributed by atoms with Crippen LogP contribution in [0.4, 0.5) is 4.39 Å². The highest BCUT2D eigenvalue weighted by molar-refractivity contribution is 6.31. The van der Waals surface area contributed by atoms with Crippen LogP contribution in [-0.2, 0) is 5.88 Å². The van der Waals surface area contributed by atoms with Crippen molar-refractivity contribution in [1.82, 2.24) is 14.8 Å². The number of pyridine rings is 1. The van der Waals surface area contributed by atoms with Crippen molar-refractivity contribution in [3.63, 3.8) is 0 Å². The maximum atomic E-state index is 13.8. The van der Waals surface area contributed by atoms with Crippen molar-refractivity contribution in [3.05, 3.63) is 40.6 Å². The molecule has 0 atom stereocenters. The Bertz CT molecular complexity index is 505. The minimum atomic E-state index is -0.475. The number of hydrogen-bond acceptors (Lipinski definition) is 2. The zero-order chi connectivity index (χ0) is 11.7. The molecule has 16 heavy (non-hydrogen) atoms. The summed E-state index contributed by atoms with van der Waals surface area (Å²) in [6, 6.07) is 1.53. The number of nitrogens with zero attached hydrogens (tertiary/aromatic N) is 3. The van der Waals surface area contributed by atoms with E-state index >= 15 is 0 Å². The first-order valence-corrected chi connectivity index (χ1v) is 5.46. The van der Waals surface area contributed by atoms with Crippen LogP contribution in [0.5, 0.6) is 0 Å². The van der Waals surface area contributed by atoms with Crippen molar-refractivity contribution >= 4 is 23.2 Å². The highest BCUT2D eigenvalue weighted by atomic mass is 35.5. The van der Waals surface area contributed by atoms with Gasteiger partial charge in [0.05, 0.1) is 22.8 Å². The zero-order valence-corrected chi connectivity index (χ0v) is 9.93. The zero-order valence-electron chi connectivity index (χ0n) is 8.41. The Balaban J connectivity index is 2.55. The summed E-state index contributed by atoms with van der Waals surface area (Å²) in [5.41, 5.74) is 1.01. The van der Waals surface area contributed by atoms with E-state index in [2.05, 4.69) is 10.1 Å². The van der Waals surface area contributed by atoms with Crippen molar-refractivity contribution in [3.8, 4) is 5.82 Å². The molecule has 0 spiro atoms. The van der Waals surface area contributed by atoms with E-state index in [9.17, 15) is 4.39 Å². The fourth-order valence-corrected chi connectivity index (χ4v) is 1.62. The molecule has 0 aliphatic rings. The Morgan fingerprint density at radius 1 is 1.50 bits per heavy atom. The molecule has 0 saturated heterocycles. The Kier molecular flexibility index (Phi) is 3.12. The van der Waals surface area contributed by atoms with E-state index in [4.69, 9.17) is 23.2 Å². The number of rotatable bonds is 2. The molecule has 3 nitrogen and oxygen atoms in total. The normalized spacial score (nSPS) is 10.8. The number of hydrogen-bond donors (Lipinski definition) is 0. The molecule has 2 rings (SSSR count). The number of aromatic nitrogens is 3. The molecule has 0 radical (unpaired) electrons. The Hall–Kier alpha value is -1.13. The van der Waals surface area contributed by atoms with Gasteiger partial charge in [-0.2, -0.15) is 5.10 Å². The van der Waals surface area contributed by atoms with E-state index in [1.54, 1.807) is 6.92 Å². The molecule has 0 aliphatic carbocycles. The first-order chi connectivity index (χ1) is 7.63. The van der Waals surface area contributed by atoms with Crippen LogP contribution in [0.2, 0.25) is 5.02 Å². The van der Waals surface area contributed by atoms with Gasteiger partial charge in [-0.3, -0.25) is 0 Å². The Labute approximate surface area is 102 Å². The van der Waals surface area contributed by atoms with Gasteiger partial charge in [0.25, 0.3) is 0 Å². The molecule has 0 aromatic carbocycles. The fourth-order valence-electron chi connectivity index (χ4n) is 1.28. The SMILES string of the molecule is Cc1nn(-c2nccc(CCl)c2F)cc1Cl. The summed E-state index contributed by atoms with van der Waals surface area (Å²) in [7, 11) is 0. The van der Waals surface area contributed by atoms with Crippen LogP contribution in [0.25, 0.3) is 5.82 Å². The van der Waals surface area contributed by atoms with Gasteiger partial charge >= 0.3 is 0 Å². The minimum Gasteiger partial charge on any atom is -0.235 e. The molecule has 0 amide bonds. The van der Waals surface area contributed by atoms with Gasteiger partial charge in [0.15, 0.2) is 11.6 Å². The van der Waals surface area contributed by atoms with E-state index < -0.39 is 5.82 Å². The van der Waals surface area contributed by atoms with E-state index in [1.165, 1.54) is 23.1 Å². The van der Waals surface area contributed by atoms with Crippen molar-refractivity contribution in [2.45, 2.75) is 12.8 Å². The summed E-state index contributed by atoms with van der Waals surface area (Å²) in [6.07, 6.45) is 3.00. The van der Waals surface area contributed by atoms with Gasteiger partial charge in [-0.1, -0.05) is 11.6 Å². The van der Waals surface area contributed by atoms with E-state index in [0.29, 0.717) is 16.3 Å². The summed E-state index contributed by atoms with van der Waals surface area (Å²) < 4.78 is 15.2. The molecule has 2 aromatic heterocycles. The predicted molar refractivity (Wildman–Crippen MR) is 60.6 cm³/mol. The molecule has 0 N–H and O–H groups in total. The van der Waals surface area contributed by atoms with Crippen molar-refractivity contribution < 1.29 is 4.39 Å². The number of aryl methyl sites for hydroxylation is 1. The number of halogens is 3. The van der Waals surface area contributed by atoms with Gasteiger partial charge in [-0.15, -0.1) is 11.6 Å². The molecular weight excluding hydrogens is 252 g/mol. The van der Waals surface area contributed by atoms with Crippen LogP contribution in [-0.4, -0.2) is 14.8 Å². The van der Waals surface area contributed by atoms with Crippen LogP contribution in [0, 0.1) is 12.7 Å². The summed E-state index contributed by atoms with van der Waals surface area (Å²) in [5.74, 6) is -0.278. The third-order valence-electron chi connectivity index (χ3n) is 2.15. The highest BCUT2D eigenvalue weighted by Crippen LogP contribution is 2.19. The van der Waals surface area contributed by atoms with Gasteiger partial charge in [0.2, 0.25) is 0 Å². The first-order valence-electron chi connectivity index (χ1n) is 4.55.